The van der Waals surface area contributed by atoms with Gasteiger partial charge in [0.05, 0.1) is 5.69 Å². The normalized spacial score (nSPS) is 12.1. The zero-order chi connectivity index (χ0) is 16.0. The fourth-order valence-corrected chi connectivity index (χ4v) is 2.76. The number of benzene rings is 1. The molecule has 21 heavy (non-hydrogen) atoms. The van der Waals surface area contributed by atoms with Crippen LogP contribution in [0, 0.1) is 0 Å². The standard InChI is InChI=1S/C17H27ClN2O/c1-6-9-12(4)20(5)17(21)19-16-13(7-2)10-11-15(18)14(16)8-3/h10-12H,6-9H2,1-5H3,(H,19,21)/t12-/m1/s1. The number of urea groups is 1. The first-order valence-electron chi connectivity index (χ1n) is 7.80. The Kier molecular flexibility index (Phi) is 7.03. The third-order valence-corrected chi connectivity index (χ3v) is 4.35. The molecule has 1 aromatic carbocycles. The maximum absolute atomic E-state index is 12.4. The number of nitrogens with one attached hydrogen (secondary N) is 1. The smallest absolute Gasteiger partial charge is 0.321 e. The Morgan fingerprint density at radius 2 is 1.95 bits per heavy atom. The predicted octanol–water partition coefficient (Wildman–Crippen LogP) is 5.12. The SMILES string of the molecule is CCC[C@@H](C)N(C)C(=O)Nc1c(CC)ccc(Cl)c1CC. The van der Waals surface area contributed by atoms with Gasteiger partial charge in [-0.05, 0) is 43.4 Å². The van der Waals surface area contributed by atoms with Crippen LogP contribution in [-0.4, -0.2) is 24.0 Å². The zero-order valence-electron chi connectivity index (χ0n) is 13.8. The van der Waals surface area contributed by atoms with E-state index in [0.29, 0.717) is 5.02 Å². The van der Waals surface area contributed by atoms with Crippen molar-refractivity contribution in [3.05, 3.63) is 28.3 Å². The topological polar surface area (TPSA) is 32.3 Å². The molecule has 0 aliphatic heterocycles. The van der Waals surface area contributed by atoms with E-state index in [9.17, 15) is 4.79 Å². The summed E-state index contributed by atoms with van der Waals surface area (Å²) >= 11 is 6.27. The molecule has 0 aliphatic rings. The number of carbonyl (C=O) groups excluding carboxylic acids is 1. The van der Waals surface area contributed by atoms with E-state index in [0.717, 1.165) is 42.5 Å². The molecule has 0 spiro atoms. The number of amides is 2. The Morgan fingerprint density at radius 1 is 1.29 bits per heavy atom. The molecule has 4 heteroatoms. The van der Waals surface area contributed by atoms with Crippen LogP contribution >= 0.6 is 11.6 Å². The highest BCUT2D eigenvalue weighted by Gasteiger charge is 2.18. The van der Waals surface area contributed by atoms with Crippen LogP contribution in [0.2, 0.25) is 5.02 Å². The Hall–Kier alpha value is -1.22. The van der Waals surface area contributed by atoms with Crippen molar-refractivity contribution in [3.63, 3.8) is 0 Å². The molecule has 0 unspecified atom stereocenters. The molecule has 0 saturated carbocycles. The molecule has 0 aromatic heterocycles. The number of carbonyl (C=O) groups is 1. The second-order valence-electron chi connectivity index (χ2n) is 5.45. The van der Waals surface area contributed by atoms with E-state index in [4.69, 9.17) is 11.6 Å². The first-order valence-corrected chi connectivity index (χ1v) is 8.17. The van der Waals surface area contributed by atoms with Gasteiger partial charge in [0.1, 0.15) is 0 Å². The summed E-state index contributed by atoms with van der Waals surface area (Å²) in [5, 5.41) is 3.78. The zero-order valence-corrected chi connectivity index (χ0v) is 14.5. The number of nitrogens with zero attached hydrogens (tertiary/aromatic N) is 1. The summed E-state index contributed by atoms with van der Waals surface area (Å²) in [7, 11) is 1.84. The van der Waals surface area contributed by atoms with Crippen molar-refractivity contribution in [2.45, 2.75) is 59.4 Å². The summed E-state index contributed by atoms with van der Waals surface area (Å²) in [5.74, 6) is 0. The van der Waals surface area contributed by atoms with Gasteiger partial charge in [0, 0.05) is 18.1 Å². The first kappa shape index (κ1) is 17.8. The number of anilines is 1. The molecule has 0 heterocycles. The average molecular weight is 311 g/mol. The van der Waals surface area contributed by atoms with Gasteiger partial charge in [-0.2, -0.15) is 0 Å². The summed E-state index contributed by atoms with van der Waals surface area (Å²) in [4.78, 5) is 14.2. The van der Waals surface area contributed by atoms with E-state index in [1.165, 1.54) is 0 Å². The maximum Gasteiger partial charge on any atom is 0.321 e. The quantitative estimate of drug-likeness (QED) is 0.777. The number of rotatable bonds is 6. The lowest BCUT2D eigenvalue weighted by molar-refractivity contribution is 0.205. The number of aryl methyl sites for hydroxylation is 1. The average Bonchev–Trinajstić information content (AvgIpc) is 2.47. The number of hydrogen-bond donors (Lipinski definition) is 1. The third kappa shape index (κ3) is 4.37. The van der Waals surface area contributed by atoms with Crippen LogP contribution in [0.25, 0.3) is 0 Å². The minimum absolute atomic E-state index is 0.0670. The molecule has 0 radical (unpaired) electrons. The molecule has 1 aromatic rings. The largest absolute Gasteiger partial charge is 0.325 e. The van der Waals surface area contributed by atoms with Crippen LogP contribution < -0.4 is 5.32 Å². The molecular formula is C17H27ClN2O. The van der Waals surface area contributed by atoms with Crippen LogP contribution in [0.5, 0.6) is 0 Å². The molecule has 118 valence electrons. The van der Waals surface area contributed by atoms with E-state index >= 15 is 0 Å². The second kappa shape index (κ2) is 8.28. The molecule has 3 nitrogen and oxygen atoms in total. The van der Waals surface area contributed by atoms with Gasteiger partial charge < -0.3 is 10.2 Å². The maximum atomic E-state index is 12.4. The molecule has 2 amide bonds. The fourth-order valence-electron chi connectivity index (χ4n) is 2.47. The number of halogens is 1. The highest BCUT2D eigenvalue weighted by Crippen LogP contribution is 2.29. The summed E-state index contributed by atoms with van der Waals surface area (Å²) in [6.45, 7) is 8.34. The minimum Gasteiger partial charge on any atom is -0.325 e. The summed E-state index contributed by atoms with van der Waals surface area (Å²) in [6.07, 6.45) is 3.74. The molecule has 0 saturated heterocycles. The van der Waals surface area contributed by atoms with Crippen LogP contribution in [0.15, 0.2) is 12.1 Å². The first-order chi connectivity index (χ1) is 9.96. The van der Waals surface area contributed by atoms with Gasteiger partial charge in [0.2, 0.25) is 0 Å². The highest BCUT2D eigenvalue weighted by molar-refractivity contribution is 6.31. The molecule has 0 bridgehead atoms. The van der Waals surface area contributed by atoms with Crippen molar-refractivity contribution in [2.75, 3.05) is 12.4 Å². The van der Waals surface area contributed by atoms with Gasteiger partial charge in [-0.3, -0.25) is 0 Å². The summed E-state index contributed by atoms with van der Waals surface area (Å²) < 4.78 is 0. The van der Waals surface area contributed by atoms with Gasteiger partial charge in [-0.25, -0.2) is 4.79 Å². The van der Waals surface area contributed by atoms with Gasteiger partial charge >= 0.3 is 6.03 Å². The lowest BCUT2D eigenvalue weighted by Crippen LogP contribution is -2.38. The fraction of sp³-hybridized carbons (Fsp3) is 0.588. The van der Waals surface area contributed by atoms with E-state index in [2.05, 4.69) is 33.0 Å². The Bertz CT molecular complexity index is 488. The molecule has 1 atom stereocenters. The lowest BCUT2D eigenvalue weighted by atomic mass is 10.0. The van der Waals surface area contributed by atoms with Crippen molar-refractivity contribution >= 4 is 23.3 Å². The Morgan fingerprint density at radius 3 is 2.48 bits per heavy atom. The molecular weight excluding hydrogens is 284 g/mol. The Labute approximate surface area is 133 Å². The van der Waals surface area contributed by atoms with Crippen molar-refractivity contribution in [1.29, 1.82) is 0 Å². The highest BCUT2D eigenvalue weighted by atomic mass is 35.5. The molecule has 0 aliphatic carbocycles. The third-order valence-electron chi connectivity index (χ3n) is 4.00. The lowest BCUT2D eigenvalue weighted by Gasteiger charge is -2.26. The van der Waals surface area contributed by atoms with Gasteiger partial charge in [-0.15, -0.1) is 0 Å². The Balaban J connectivity index is 3.01. The van der Waals surface area contributed by atoms with Gasteiger partial charge in [-0.1, -0.05) is 44.9 Å². The van der Waals surface area contributed by atoms with E-state index in [1.807, 2.05) is 19.2 Å². The van der Waals surface area contributed by atoms with E-state index < -0.39 is 0 Å². The second-order valence-corrected chi connectivity index (χ2v) is 5.85. The monoisotopic (exact) mass is 310 g/mol. The van der Waals surface area contributed by atoms with Crippen LogP contribution in [0.1, 0.15) is 51.7 Å². The summed E-state index contributed by atoms with van der Waals surface area (Å²) in [6, 6.07) is 4.07. The van der Waals surface area contributed by atoms with Crippen molar-refractivity contribution < 1.29 is 4.79 Å². The summed E-state index contributed by atoms with van der Waals surface area (Å²) in [5.41, 5.74) is 3.02. The van der Waals surface area contributed by atoms with E-state index in [1.54, 1.807) is 4.90 Å². The van der Waals surface area contributed by atoms with Crippen LogP contribution in [0.3, 0.4) is 0 Å². The number of hydrogen-bond acceptors (Lipinski definition) is 1. The molecule has 0 fully saturated rings. The molecule has 1 N–H and O–H groups in total. The minimum atomic E-state index is -0.0670. The van der Waals surface area contributed by atoms with Crippen LogP contribution in [-0.2, 0) is 12.8 Å². The van der Waals surface area contributed by atoms with Gasteiger partial charge in [0.15, 0.2) is 0 Å². The van der Waals surface area contributed by atoms with Crippen molar-refractivity contribution in [1.82, 2.24) is 4.90 Å². The van der Waals surface area contributed by atoms with Gasteiger partial charge in [0.25, 0.3) is 0 Å². The van der Waals surface area contributed by atoms with Crippen LogP contribution in [0.4, 0.5) is 10.5 Å². The van der Waals surface area contributed by atoms with Crippen molar-refractivity contribution in [2.24, 2.45) is 0 Å². The predicted molar refractivity (Wildman–Crippen MR) is 91.4 cm³/mol. The van der Waals surface area contributed by atoms with E-state index in [-0.39, 0.29) is 12.1 Å². The molecule has 1 rings (SSSR count). The van der Waals surface area contributed by atoms with Crippen molar-refractivity contribution in [3.8, 4) is 0 Å².